The van der Waals surface area contributed by atoms with E-state index in [1.807, 2.05) is 53.4 Å². The number of amides is 1. The molecule has 0 radical (unpaired) electrons. The average Bonchev–Trinajstić information content (AvgIpc) is 3.23. The smallest absolute Gasteiger partial charge is 0.253 e. The predicted molar refractivity (Wildman–Crippen MR) is 106 cm³/mol. The van der Waals surface area contributed by atoms with Gasteiger partial charge in [0, 0.05) is 31.7 Å². The van der Waals surface area contributed by atoms with Gasteiger partial charge in [-0.25, -0.2) is 0 Å². The van der Waals surface area contributed by atoms with Gasteiger partial charge in [-0.3, -0.25) is 9.69 Å². The molecule has 5 heteroatoms. The van der Waals surface area contributed by atoms with Crippen LogP contribution in [0.4, 0.5) is 0 Å². The van der Waals surface area contributed by atoms with Crippen molar-refractivity contribution in [1.82, 2.24) is 9.80 Å². The van der Waals surface area contributed by atoms with Crippen LogP contribution in [0.2, 0.25) is 0 Å². The first-order valence-corrected chi connectivity index (χ1v) is 9.49. The Labute approximate surface area is 161 Å². The molecule has 1 saturated heterocycles. The molecule has 1 amide bonds. The molecule has 1 fully saturated rings. The van der Waals surface area contributed by atoms with Gasteiger partial charge in [-0.1, -0.05) is 12.1 Å². The SMILES string of the molecule is COc1ccc(OCCN(C)Cc2ccc(C(=O)N3CCCC3)cc2)cc1. The van der Waals surface area contributed by atoms with E-state index in [2.05, 4.69) is 11.9 Å². The highest BCUT2D eigenvalue weighted by atomic mass is 16.5. The van der Waals surface area contributed by atoms with Crippen molar-refractivity contribution in [2.24, 2.45) is 0 Å². The topological polar surface area (TPSA) is 42.0 Å². The highest BCUT2D eigenvalue weighted by Crippen LogP contribution is 2.17. The van der Waals surface area contributed by atoms with Crippen LogP contribution < -0.4 is 9.47 Å². The highest BCUT2D eigenvalue weighted by Gasteiger charge is 2.19. The Balaban J connectivity index is 1.43. The molecule has 0 N–H and O–H groups in total. The minimum Gasteiger partial charge on any atom is -0.497 e. The van der Waals surface area contributed by atoms with E-state index < -0.39 is 0 Å². The zero-order valence-electron chi connectivity index (χ0n) is 16.2. The molecule has 0 aliphatic carbocycles. The van der Waals surface area contributed by atoms with Crippen molar-refractivity contribution in [3.05, 3.63) is 59.7 Å². The number of carbonyl (C=O) groups is 1. The van der Waals surface area contributed by atoms with Gasteiger partial charge in [0.15, 0.2) is 0 Å². The largest absolute Gasteiger partial charge is 0.497 e. The number of rotatable bonds is 8. The third-order valence-corrected chi connectivity index (χ3v) is 4.85. The van der Waals surface area contributed by atoms with E-state index in [1.165, 1.54) is 5.56 Å². The molecule has 27 heavy (non-hydrogen) atoms. The summed E-state index contributed by atoms with van der Waals surface area (Å²) in [6.07, 6.45) is 2.24. The minimum atomic E-state index is 0.153. The molecule has 1 aliphatic rings. The van der Waals surface area contributed by atoms with E-state index in [-0.39, 0.29) is 5.91 Å². The Hall–Kier alpha value is -2.53. The molecule has 144 valence electrons. The predicted octanol–water partition coefficient (Wildman–Crippen LogP) is 3.44. The second-order valence-corrected chi connectivity index (χ2v) is 6.96. The molecule has 2 aromatic carbocycles. The van der Waals surface area contributed by atoms with Gasteiger partial charge in [0.05, 0.1) is 7.11 Å². The molecule has 0 saturated carbocycles. The zero-order valence-corrected chi connectivity index (χ0v) is 16.2. The van der Waals surface area contributed by atoms with Gasteiger partial charge in [-0.15, -0.1) is 0 Å². The summed E-state index contributed by atoms with van der Waals surface area (Å²) in [5.74, 6) is 1.82. The van der Waals surface area contributed by atoms with Crippen LogP contribution >= 0.6 is 0 Å². The summed E-state index contributed by atoms with van der Waals surface area (Å²) in [6.45, 7) is 4.04. The third-order valence-electron chi connectivity index (χ3n) is 4.85. The number of likely N-dealkylation sites (N-methyl/N-ethyl adjacent to an activating group) is 1. The van der Waals surface area contributed by atoms with Gasteiger partial charge >= 0.3 is 0 Å². The summed E-state index contributed by atoms with van der Waals surface area (Å²) >= 11 is 0. The fourth-order valence-corrected chi connectivity index (χ4v) is 3.24. The van der Waals surface area contributed by atoms with Crippen LogP contribution in [0.5, 0.6) is 11.5 Å². The molecule has 0 aromatic heterocycles. The van der Waals surface area contributed by atoms with E-state index in [9.17, 15) is 4.79 Å². The van der Waals surface area contributed by atoms with Crippen LogP contribution in [0.15, 0.2) is 48.5 Å². The summed E-state index contributed by atoms with van der Waals surface area (Å²) in [5.41, 5.74) is 1.98. The lowest BCUT2D eigenvalue weighted by molar-refractivity contribution is 0.0793. The molecule has 2 aromatic rings. The Morgan fingerprint density at radius 2 is 1.63 bits per heavy atom. The first-order chi connectivity index (χ1) is 13.2. The maximum Gasteiger partial charge on any atom is 0.253 e. The van der Waals surface area contributed by atoms with E-state index in [4.69, 9.17) is 9.47 Å². The molecular formula is C22H28N2O3. The maximum absolute atomic E-state index is 12.4. The van der Waals surface area contributed by atoms with Gasteiger partial charge in [0.1, 0.15) is 18.1 Å². The molecule has 0 unspecified atom stereocenters. The summed E-state index contributed by atoms with van der Waals surface area (Å²) in [7, 11) is 3.72. The second-order valence-electron chi connectivity index (χ2n) is 6.96. The van der Waals surface area contributed by atoms with Gasteiger partial charge in [-0.05, 0) is 61.9 Å². The Morgan fingerprint density at radius 1 is 1.00 bits per heavy atom. The number of likely N-dealkylation sites (tertiary alicyclic amines) is 1. The molecular weight excluding hydrogens is 340 g/mol. The Bertz CT molecular complexity index is 722. The summed E-state index contributed by atoms with van der Waals surface area (Å²) in [4.78, 5) is 16.5. The van der Waals surface area contributed by atoms with E-state index in [1.54, 1.807) is 7.11 Å². The van der Waals surface area contributed by atoms with Gasteiger partial charge in [0.25, 0.3) is 5.91 Å². The van der Waals surface area contributed by atoms with Crippen molar-refractivity contribution >= 4 is 5.91 Å². The normalized spacial score (nSPS) is 13.8. The van der Waals surface area contributed by atoms with Gasteiger partial charge < -0.3 is 14.4 Å². The monoisotopic (exact) mass is 368 g/mol. The van der Waals surface area contributed by atoms with Crippen LogP contribution in [0, 0.1) is 0 Å². The van der Waals surface area contributed by atoms with E-state index >= 15 is 0 Å². The van der Waals surface area contributed by atoms with Crippen molar-refractivity contribution in [1.29, 1.82) is 0 Å². The van der Waals surface area contributed by atoms with Gasteiger partial charge in [-0.2, -0.15) is 0 Å². The molecule has 1 heterocycles. The van der Waals surface area contributed by atoms with Crippen LogP contribution in [0.3, 0.4) is 0 Å². The highest BCUT2D eigenvalue weighted by molar-refractivity contribution is 5.94. The number of benzene rings is 2. The minimum absolute atomic E-state index is 0.153. The lowest BCUT2D eigenvalue weighted by Crippen LogP contribution is -2.27. The summed E-state index contributed by atoms with van der Waals surface area (Å²) in [5, 5.41) is 0. The number of carbonyl (C=O) groups excluding carboxylic acids is 1. The molecule has 0 spiro atoms. The number of hydrogen-bond acceptors (Lipinski definition) is 4. The lowest BCUT2D eigenvalue weighted by Gasteiger charge is -2.18. The number of nitrogens with zero attached hydrogens (tertiary/aromatic N) is 2. The van der Waals surface area contributed by atoms with Crippen LogP contribution in [0.1, 0.15) is 28.8 Å². The first-order valence-electron chi connectivity index (χ1n) is 9.49. The van der Waals surface area contributed by atoms with Crippen LogP contribution in [-0.2, 0) is 6.54 Å². The van der Waals surface area contributed by atoms with Crippen molar-refractivity contribution in [3.63, 3.8) is 0 Å². The van der Waals surface area contributed by atoms with Crippen LogP contribution in [-0.4, -0.2) is 56.1 Å². The standard InChI is InChI=1S/C22H28N2O3/c1-23(15-16-27-21-11-9-20(26-2)10-12-21)17-18-5-7-19(8-6-18)22(25)24-13-3-4-14-24/h5-12H,3-4,13-17H2,1-2H3. The van der Waals surface area contributed by atoms with Crippen molar-refractivity contribution in [2.45, 2.75) is 19.4 Å². The fraction of sp³-hybridized carbons (Fsp3) is 0.409. The molecule has 5 nitrogen and oxygen atoms in total. The molecule has 3 rings (SSSR count). The summed E-state index contributed by atoms with van der Waals surface area (Å²) in [6, 6.07) is 15.6. The zero-order chi connectivity index (χ0) is 19.1. The molecule has 0 bridgehead atoms. The maximum atomic E-state index is 12.4. The third kappa shape index (κ3) is 5.47. The molecule has 0 atom stereocenters. The lowest BCUT2D eigenvalue weighted by atomic mass is 10.1. The molecule has 1 aliphatic heterocycles. The Morgan fingerprint density at radius 3 is 2.26 bits per heavy atom. The van der Waals surface area contributed by atoms with Crippen molar-refractivity contribution in [3.8, 4) is 11.5 Å². The second kappa shape index (κ2) is 9.42. The van der Waals surface area contributed by atoms with Crippen molar-refractivity contribution in [2.75, 3.05) is 40.4 Å². The number of hydrogen-bond donors (Lipinski definition) is 0. The van der Waals surface area contributed by atoms with E-state index in [0.717, 1.165) is 56.1 Å². The quantitative estimate of drug-likeness (QED) is 0.716. The first kappa shape index (κ1) is 19.2. The summed E-state index contributed by atoms with van der Waals surface area (Å²) < 4.78 is 10.9. The van der Waals surface area contributed by atoms with Crippen LogP contribution in [0.25, 0.3) is 0 Å². The average molecular weight is 368 g/mol. The number of ether oxygens (including phenoxy) is 2. The Kier molecular flexibility index (Phi) is 6.71. The van der Waals surface area contributed by atoms with Crippen molar-refractivity contribution < 1.29 is 14.3 Å². The number of methoxy groups -OCH3 is 1. The van der Waals surface area contributed by atoms with Gasteiger partial charge in [0.2, 0.25) is 0 Å². The fourth-order valence-electron chi connectivity index (χ4n) is 3.24. The van der Waals surface area contributed by atoms with E-state index in [0.29, 0.717) is 6.61 Å².